The van der Waals surface area contributed by atoms with Crippen LogP contribution in [0.15, 0.2) is 5.16 Å². The number of rotatable bonds is 4. The lowest BCUT2D eigenvalue weighted by Gasteiger charge is -2.27. The van der Waals surface area contributed by atoms with Gasteiger partial charge in [0.05, 0.1) is 0 Å². The Morgan fingerprint density at radius 3 is 2.33 bits per heavy atom. The molecule has 0 amide bonds. The average molecular weight is 173 g/mol. The summed E-state index contributed by atoms with van der Waals surface area (Å²) < 4.78 is 0. The number of amidine groups is 1. The van der Waals surface area contributed by atoms with E-state index in [1.165, 1.54) is 0 Å². The number of nitrogens with zero attached hydrogens (tertiary/aromatic N) is 2. The van der Waals surface area contributed by atoms with Gasteiger partial charge >= 0.3 is 0 Å². The first kappa shape index (κ1) is 11.2. The first-order valence-corrected chi connectivity index (χ1v) is 4.17. The molecule has 0 saturated carbocycles. The molecule has 0 fully saturated rings. The highest BCUT2D eigenvalue weighted by Crippen LogP contribution is 2.04. The summed E-state index contributed by atoms with van der Waals surface area (Å²) in [5, 5.41) is 11.3. The SMILES string of the molecule is CC(C)N(C)C(C)CC(N)=NO. The predicted octanol–water partition coefficient (Wildman–Crippen LogP) is 0.852. The molecule has 0 aromatic carbocycles. The van der Waals surface area contributed by atoms with E-state index in [1.54, 1.807) is 0 Å². The summed E-state index contributed by atoms with van der Waals surface area (Å²) in [4.78, 5) is 2.18. The molecule has 0 aromatic rings. The molecule has 12 heavy (non-hydrogen) atoms. The average Bonchev–Trinajstić information content (AvgIpc) is 2.02. The van der Waals surface area contributed by atoms with Crippen LogP contribution in [0, 0.1) is 0 Å². The summed E-state index contributed by atoms with van der Waals surface area (Å²) in [6.07, 6.45) is 0.602. The fourth-order valence-corrected chi connectivity index (χ4v) is 0.996. The zero-order valence-electron chi connectivity index (χ0n) is 8.28. The number of nitrogens with two attached hydrogens (primary N) is 1. The number of oxime groups is 1. The quantitative estimate of drug-likeness (QED) is 0.287. The van der Waals surface area contributed by atoms with Crippen LogP contribution in [0.2, 0.25) is 0 Å². The first-order chi connectivity index (χ1) is 5.49. The van der Waals surface area contributed by atoms with E-state index in [9.17, 15) is 0 Å². The molecule has 0 aliphatic heterocycles. The molecule has 1 unspecified atom stereocenters. The van der Waals surface area contributed by atoms with Crippen molar-refractivity contribution in [3.63, 3.8) is 0 Å². The van der Waals surface area contributed by atoms with E-state index >= 15 is 0 Å². The van der Waals surface area contributed by atoms with E-state index in [0.29, 0.717) is 18.5 Å². The molecule has 3 N–H and O–H groups in total. The van der Waals surface area contributed by atoms with Crippen LogP contribution in [0.4, 0.5) is 0 Å². The third-order valence-corrected chi connectivity index (χ3v) is 2.14. The molecule has 0 aliphatic carbocycles. The highest BCUT2D eigenvalue weighted by molar-refractivity contribution is 5.80. The van der Waals surface area contributed by atoms with Crippen molar-refractivity contribution in [2.45, 2.75) is 39.3 Å². The van der Waals surface area contributed by atoms with Gasteiger partial charge < -0.3 is 15.8 Å². The molecule has 0 bridgehead atoms. The zero-order chi connectivity index (χ0) is 9.72. The van der Waals surface area contributed by atoms with Crippen molar-refractivity contribution in [1.82, 2.24) is 4.90 Å². The van der Waals surface area contributed by atoms with Crippen LogP contribution in [0.5, 0.6) is 0 Å². The smallest absolute Gasteiger partial charge is 0.140 e. The van der Waals surface area contributed by atoms with Gasteiger partial charge in [-0.1, -0.05) is 5.16 Å². The van der Waals surface area contributed by atoms with Gasteiger partial charge in [-0.2, -0.15) is 0 Å². The monoisotopic (exact) mass is 173 g/mol. The van der Waals surface area contributed by atoms with E-state index in [1.807, 2.05) is 7.05 Å². The van der Waals surface area contributed by atoms with Gasteiger partial charge in [0, 0.05) is 18.5 Å². The Morgan fingerprint density at radius 1 is 1.50 bits per heavy atom. The molecule has 4 nitrogen and oxygen atoms in total. The summed E-state index contributed by atoms with van der Waals surface area (Å²) >= 11 is 0. The molecule has 0 aliphatic rings. The second-order valence-corrected chi connectivity index (χ2v) is 3.40. The van der Waals surface area contributed by atoms with Gasteiger partial charge in [-0.05, 0) is 27.8 Å². The van der Waals surface area contributed by atoms with Gasteiger partial charge in [-0.3, -0.25) is 0 Å². The minimum absolute atomic E-state index is 0.287. The molecule has 0 saturated heterocycles. The Balaban J connectivity index is 3.95. The van der Waals surface area contributed by atoms with Crippen molar-refractivity contribution < 1.29 is 5.21 Å². The molecular formula is C8H19N3O. The van der Waals surface area contributed by atoms with Gasteiger partial charge in [0.1, 0.15) is 5.84 Å². The summed E-state index contributed by atoms with van der Waals surface area (Å²) in [6.45, 7) is 6.28. The molecule has 0 aromatic heterocycles. The summed E-state index contributed by atoms with van der Waals surface area (Å²) in [5.74, 6) is 0.287. The third-order valence-electron chi connectivity index (χ3n) is 2.14. The van der Waals surface area contributed by atoms with E-state index in [0.717, 1.165) is 0 Å². The summed E-state index contributed by atoms with van der Waals surface area (Å²) in [6, 6.07) is 0.785. The molecule has 0 heterocycles. The fourth-order valence-electron chi connectivity index (χ4n) is 0.996. The lowest BCUT2D eigenvalue weighted by Crippen LogP contribution is -2.37. The van der Waals surface area contributed by atoms with Gasteiger partial charge in [0.15, 0.2) is 0 Å². The largest absolute Gasteiger partial charge is 0.409 e. The van der Waals surface area contributed by atoms with Crippen LogP contribution in [-0.4, -0.2) is 35.1 Å². The molecule has 4 heteroatoms. The molecular weight excluding hydrogens is 154 g/mol. The Hall–Kier alpha value is -0.770. The van der Waals surface area contributed by atoms with Crippen molar-refractivity contribution >= 4 is 5.84 Å². The summed E-state index contributed by atoms with van der Waals surface area (Å²) in [5.41, 5.74) is 5.39. The number of hydrogen-bond acceptors (Lipinski definition) is 3. The van der Waals surface area contributed by atoms with E-state index in [-0.39, 0.29) is 5.84 Å². The predicted molar refractivity (Wildman–Crippen MR) is 50.4 cm³/mol. The maximum Gasteiger partial charge on any atom is 0.140 e. The second-order valence-electron chi connectivity index (χ2n) is 3.40. The number of hydrogen-bond donors (Lipinski definition) is 2. The van der Waals surface area contributed by atoms with Crippen molar-refractivity contribution in [2.75, 3.05) is 7.05 Å². The molecule has 1 atom stereocenters. The van der Waals surface area contributed by atoms with E-state index in [2.05, 4.69) is 30.8 Å². The minimum Gasteiger partial charge on any atom is -0.409 e. The normalized spacial score (nSPS) is 15.7. The Labute approximate surface area is 74.0 Å². The molecule has 72 valence electrons. The third kappa shape index (κ3) is 3.57. The van der Waals surface area contributed by atoms with Crippen molar-refractivity contribution in [1.29, 1.82) is 0 Å². The van der Waals surface area contributed by atoms with Gasteiger partial charge in [-0.15, -0.1) is 0 Å². The first-order valence-electron chi connectivity index (χ1n) is 4.17. The van der Waals surface area contributed by atoms with Gasteiger partial charge in [0.25, 0.3) is 0 Å². The van der Waals surface area contributed by atoms with E-state index < -0.39 is 0 Å². The van der Waals surface area contributed by atoms with Crippen LogP contribution in [0.25, 0.3) is 0 Å². The maximum absolute atomic E-state index is 8.35. The van der Waals surface area contributed by atoms with Crippen LogP contribution in [0.3, 0.4) is 0 Å². The minimum atomic E-state index is 0.287. The zero-order valence-corrected chi connectivity index (χ0v) is 8.28. The lowest BCUT2D eigenvalue weighted by atomic mass is 10.1. The van der Waals surface area contributed by atoms with Crippen LogP contribution < -0.4 is 5.73 Å². The lowest BCUT2D eigenvalue weighted by molar-refractivity contribution is 0.211. The maximum atomic E-state index is 8.35. The highest BCUT2D eigenvalue weighted by atomic mass is 16.4. The van der Waals surface area contributed by atoms with Crippen molar-refractivity contribution in [3.05, 3.63) is 0 Å². The Bertz CT molecular complexity index is 156. The standard InChI is InChI=1S/C8H19N3O/c1-6(2)11(4)7(3)5-8(9)10-12/h6-7,12H,5H2,1-4H3,(H2,9,10). The molecule has 0 radical (unpaired) electrons. The Kier molecular flexibility index (Phi) is 4.66. The van der Waals surface area contributed by atoms with Crippen LogP contribution in [0.1, 0.15) is 27.2 Å². The van der Waals surface area contributed by atoms with Crippen LogP contribution in [-0.2, 0) is 0 Å². The highest BCUT2D eigenvalue weighted by Gasteiger charge is 2.13. The topological polar surface area (TPSA) is 61.8 Å². The fraction of sp³-hybridized carbons (Fsp3) is 0.875. The van der Waals surface area contributed by atoms with Gasteiger partial charge in [0.2, 0.25) is 0 Å². The van der Waals surface area contributed by atoms with Gasteiger partial charge in [-0.25, -0.2) is 0 Å². The molecule has 0 rings (SSSR count). The van der Waals surface area contributed by atoms with Crippen molar-refractivity contribution in [3.8, 4) is 0 Å². The van der Waals surface area contributed by atoms with Crippen molar-refractivity contribution in [2.24, 2.45) is 10.9 Å². The second kappa shape index (κ2) is 4.98. The molecule has 0 spiro atoms. The summed E-state index contributed by atoms with van der Waals surface area (Å²) in [7, 11) is 2.03. The van der Waals surface area contributed by atoms with E-state index in [4.69, 9.17) is 10.9 Å². The van der Waals surface area contributed by atoms with Crippen LogP contribution >= 0.6 is 0 Å². The Morgan fingerprint density at radius 2 is 2.00 bits per heavy atom.